The van der Waals surface area contributed by atoms with Gasteiger partial charge in [-0.1, -0.05) is 55.4 Å². The summed E-state index contributed by atoms with van der Waals surface area (Å²) in [5, 5.41) is 39.8. The number of hydrogen-bond acceptors (Lipinski definition) is 21. The largest absolute Gasteiger partial charge is 0.394 e. The molecule has 0 spiro atoms. The van der Waals surface area contributed by atoms with Crippen molar-refractivity contribution in [1.82, 2.24) is 72.6 Å². The molecule has 13 amide bonds. The average molecular weight is 1510 g/mol. The van der Waals surface area contributed by atoms with Crippen LogP contribution in [-0.4, -0.2) is 260 Å². The Balaban J connectivity index is 2.20. The van der Waals surface area contributed by atoms with E-state index in [1.807, 2.05) is 13.8 Å². The minimum absolute atomic E-state index is 0.0163. The highest BCUT2D eigenvalue weighted by molar-refractivity contribution is 7.98. The van der Waals surface area contributed by atoms with Gasteiger partial charge in [0.1, 0.15) is 72.5 Å². The molecule has 34 nitrogen and oxygen atoms in total. The van der Waals surface area contributed by atoms with Crippen LogP contribution < -0.4 is 81.4 Å². The van der Waals surface area contributed by atoms with Gasteiger partial charge in [-0.15, -0.1) is 0 Å². The number of nitrogens with two attached hydrogens (primary N) is 4. The van der Waals surface area contributed by atoms with Crippen molar-refractivity contribution in [1.29, 1.82) is 0 Å². The van der Waals surface area contributed by atoms with E-state index in [1.165, 1.54) is 28.5 Å². The number of rotatable bonds is 26. The van der Waals surface area contributed by atoms with E-state index >= 15 is 0 Å². The Kier molecular flexibility index (Phi) is 41.3. The van der Waals surface area contributed by atoms with E-state index in [0.29, 0.717) is 57.1 Å². The molecule has 0 aliphatic carbocycles. The first-order valence-corrected chi connectivity index (χ1v) is 40.0. The number of amides is 13. The molecule has 12 atom stereocenters. The van der Waals surface area contributed by atoms with E-state index in [-0.39, 0.29) is 109 Å². The van der Waals surface area contributed by atoms with Gasteiger partial charge < -0.3 is 96.3 Å². The summed E-state index contributed by atoms with van der Waals surface area (Å²) >= 11 is 1.39. The van der Waals surface area contributed by atoms with E-state index in [4.69, 9.17) is 22.9 Å². The maximum absolute atomic E-state index is 15.0. The van der Waals surface area contributed by atoms with Gasteiger partial charge in [0.2, 0.25) is 86.8 Å². The number of nitrogens with zero attached hydrogens (tertiary/aromatic N) is 3. The normalized spacial score (nSPS) is 26.6. The maximum atomic E-state index is 15.0. The fourth-order valence-electron chi connectivity index (χ4n) is 12.5. The molecule has 0 aromatic carbocycles. The number of thioether (sulfide) groups is 1. The molecule has 1 unspecified atom stereocenters. The Morgan fingerprint density at radius 2 is 0.856 bits per heavy atom. The molecule has 0 aromatic heterocycles. The molecule has 594 valence electrons. The van der Waals surface area contributed by atoms with Crippen LogP contribution >= 0.6 is 11.8 Å². The van der Waals surface area contributed by atoms with Crippen molar-refractivity contribution >= 4 is 98.6 Å². The minimum Gasteiger partial charge on any atom is -0.394 e. The quantitative estimate of drug-likeness (QED) is 0.0373. The lowest BCUT2D eigenvalue weighted by atomic mass is 9.99. The second kappa shape index (κ2) is 47.0. The van der Waals surface area contributed by atoms with Gasteiger partial charge in [0.25, 0.3) is 0 Å². The van der Waals surface area contributed by atoms with Gasteiger partial charge in [0, 0.05) is 26.2 Å². The summed E-state index contributed by atoms with van der Waals surface area (Å²) in [7, 11) is -4.30. The standard InChI is InChI=1S/C68H124N18O16S2/c1-40(2)36-49-61(93)76-46(21-12-15-27-70)59(91)80-50(37-41(3)4)62(94)78-48(22-13-16-28-71)67(99)86-32-18-24-53(86)68(100)85-31-17-23-52(85)64(96)77-47(25-34-103-10)60(92)82-56(43(7)8)66(98)83-55(42(5)6)65(97)81-51(39-87)63(95)74-44(9)57(89)73-30-33-84(104(101,102)35-19-29-72)38-54(88)75-45(58(90)79-49)20-11-14-26-69/h40-53,55-56,87H,11-39,69-72H2,1-10H3,(H,73,89)(H,74,95)(H,75,88)(H,76,93)(H,77,96)(H,78,94)(H,79,90)(H,80,91)(H,81,97)(H,82,92)(H,83,98)/t44-,45-,46-,47-,48-,49-,50-,51-,52-,53+,55-,56?/m0/s1. The number of fused-ring (bicyclic) bond motifs is 2. The fraction of sp³-hybridized carbons (Fsp3) is 0.809. The monoisotopic (exact) mass is 1510 g/mol. The molecular weight excluding hydrogens is 1390 g/mol. The van der Waals surface area contributed by atoms with Crippen LogP contribution in [0.25, 0.3) is 0 Å². The number of unbranched alkanes of at least 4 members (excludes halogenated alkanes) is 3. The molecule has 3 aliphatic rings. The van der Waals surface area contributed by atoms with Gasteiger partial charge in [-0.25, -0.2) is 8.42 Å². The van der Waals surface area contributed by atoms with E-state index in [9.17, 15) is 75.9 Å². The van der Waals surface area contributed by atoms with Gasteiger partial charge in [-0.2, -0.15) is 16.1 Å². The molecule has 0 bridgehead atoms. The first-order valence-electron chi connectivity index (χ1n) is 37.0. The van der Waals surface area contributed by atoms with Crippen molar-refractivity contribution in [3.05, 3.63) is 0 Å². The lowest BCUT2D eigenvalue weighted by Crippen LogP contribution is -2.62. The van der Waals surface area contributed by atoms with Gasteiger partial charge in [0.15, 0.2) is 0 Å². The second-order valence-electron chi connectivity index (χ2n) is 28.7. The summed E-state index contributed by atoms with van der Waals surface area (Å²) in [6.45, 7) is 13.2. The zero-order chi connectivity index (χ0) is 78.0. The van der Waals surface area contributed by atoms with Crippen LogP contribution in [0.1, 0.15) is 171 Å². The molecule has 0 saturated carbocycles. The summed E-state index contributed by atoms with van der Waals surface area (Å²) in [6, 6.07) is -15.5. The molecule has 36 heteroatoms. The minimum atomic E-state index is -4.30. The number of carbonyl (C=O) groups is 13. The Hall–Kier alpha value is -6.83. The highest BCUT2D eigenvalue weighted by atomic mass is 32.2. The van der Waals surface area contributed by atoms with Crippen molar-refractivity contribution < 1.29 is 75.9 Å². The van der Waals surface area contributed by atoms with E-state index < -0.39 is 203 Å². The highest BCUT2D eigenvalue weighted by Crippen LogP contribution is 2.27. The van der Waals surface area contributed by atoms with Crippen LogP contribution in [0.2, 0.25) is 0 Å². The number of sulfonamides is 1. The third-order valence-electron chi connectivity index (χ3n) is 18.4. The molecule has 3 rings (SSSR count). The molecule has 0 radical (unpaired) electrons. The Bertz CT molecular complexity index is 2950. The number of aliphatic hydroxyl groups excluding tert-OH is 1. The second-order valence-corrected chi connectivity index (χ2v) is 31.8. The van der Waals surface area contributed by atoms with Crippen molar-refractivity contribution in [3.8, 4) is 0 Å². The maximum Gasteiger partial charge on any atom is 0.246 e. The predicted molar refractivity (Wildman–Crippen MR) is 394 cm³/mol. The molecular formula is C68H124N18O16S2. The molecule has 3 aliphatic heterocycles. The average Bonchev–Trinajstić information content (AvgIpc) is 1.63. The Morgan fingerprint density at radius 1 is 0.452 bits per heavy atom. The molecule has 3 heterocycles. The first-order chi connectivity index (χ1) is 49.2. The van der Waals surface area contributed by atoms with Gasteiger partial charge >= 0.3 is 0 Å². The lowest BCUT2D eigenvalue weighted by Gasteiger charge is -2.34. The zero-order valence-corrected chi connectivity index (χ0v) is 64.4. The Labute approximate surface area is 618 Å². The lowest BCUT2D eigenvalue weighted by molar-refractivity contribution is -0.148. The van der Waals surface area contributed by atoms with Crippen LogP contribution in [0.5, 0.6) is 0 Å². The van der Waals surface area contributed by atoms with E-state index in [2.05, 4.69) is 58.5 Å². The SMILES string of the molecule is CSCC[C@@H]1NC(=O)[C@@H]2CCCN2C(=O)[C@H]2CCCN2C(=O)[C@H](CCCCN)NC(=O)[C@H](CC(C)C)NC(=O)[C@H](CCCCN)NC(=O)[C@H](CC(C)C)NC(=O)[C@H](CCCCN)NC(=O)CN(S(=O)(=O)CCCN)CCNC(=O)[C@H](C)NC(=O)[C@H](CO)NC(=O)[C@H](C(C)C)NC(=O)C(C(C)C)NC1=O. The summed E-state index contributed by atoms with van der Waals surface area (Å²) in [5.41, 5.74) is 23.3. The smallest absolute Gasteiger partial charge is 0.246 e. The summed E-state index contributed by atoms with van der Waals surface area (Å²) < 4.78 is 28.5. The van der Waals surface area contributed by atoms with Crippen LogP contribution in [0.3, 0.4) is 0 Å². The molecule has 3 saturated heterocycles. The van der Waals surface area contributed by atoms with Crippen molar-refractivity contribution in [2.24, 2.45) is 46.6 Å². The van der Waals surface area contributed by atoms with Gasteiger partial charge in [-0.05, 0) is 178 Å². The number of carbonyl (C=O) groups excluding carboxylic acids is 13. The third-order valence-corrected chi connectivity index (χ3v) is 20.9. The van der Waals surface area contributed by atoms with Crippen molar-refractivity contribution in [2.45, 2.75) is 244 Å². The van der Waals surface area contributed by atoms with Crippen LogP contribution in [0, 0.1) is 23.7 Å². The topological polar surface area (TPSA) is 522 Å². The summed E-state index contributed by atoms with van der Waals surface area (Å²) in [5.74, 6) is -11.9. The van der Waals surface area contributed by atoms with E-state index in [1.54, 1.807) is 47.8 Å². The van der Waals surface area contributed by atoms with Gasteiger partial charge in [-0.3, -0.25) is 62.3 Å². The van der Waals surface area contributed by atoms with E-state index in [0.717, 1.165) is 4.31 Å². The fourth-order valence-corrected chi connectivity index (χ4v) is 14.4. The number of nitrogens with one attached hydrogen (secondary N) is 11. The van der Waals surface area contributed by atoms with Crippen LogP contribution in [0.4, 0.5) is 0 Å². The summed E-state index contributed by atoms with van der Waals surface area (Å²) in [4.78, 5) is 190. The van der Waals surface area contributed by atoms with Gasteiger partial charge in [0.05, 0.1) is 18.9 Å². The first kappa shape index (κ1) is 91.4. The molecule has 3 fully saturated rings. The predicted octanol–water partition coefficient (Wildman–Crippen LogP) is -3.52. The van der Waals surface area contributed by atoms with Crippen molar-refractivity contribution in [3.63, 3.8) is 0 Å². The van der Waals surface area contributed by atoms with Crippen molar-refractivity contribution in [2.75, 3.05) is 83.3 Å². The molecule has 20 N–H and O–H groups in total. The number of hydrogen-bond donors (Lipinski definition) is 16. The molecule has 104 heavy (non-hydrogen) atoms. The summed E-state index contributed by atoms with van der Waals surface area (Å²) in [6.07, 6.45) is 5.71. The Morgan fingerprint density at radius 3 is 1.35 bits per heavy atom. The van der Waals surface area contributed by atoms with Crippen LogP contribution in [-0.2, 0) is 72.4 Å². The molecule has 0 aromatic rings. The zero-order valence-electron chi connectivity index (χ0n) is 62.8. The number of aliphatic hydroxyl groups is 1. The van der Waals surface area contributed by atoms with Crippen LogP contribution in [0.15, 0.2) is 0 Å². The highest BCUT2D eigenvalue weighted by Gasteiger charge is 2.45. The third kappa shape index (κ3) is 30.2.